The number of esters is 1. The molecule has 4 fully saturated rings. The van der Waals surface area contributed by atoms with Gasteiger partial charge in [0.1, 0.15) is 29.0 Å². The second-order valence-corrected chi connectivity index (χ2v) is 11.0. The van der Waals surface area contributed by atoms with Crippen molar-refractivity contribution in [3.63, 3.8) is 0 Å². The molecule has 8 atom stereocenters. The Morgan fingerprint density at radius 1 is 1.17 bits per heavy atom. The number of nitrogens with one attached hydrogen (secondary N) is 2. The summed E-state index contributed by atoms with van der Waals surface area (Å²) in [6, 6.07) is 0.253. The van der Waals surface area contributed by atoms with Crippen LogP contribution in [0.15, 0.2) is 0 Å². The van der Waals surface area contributed by atoms with Crippen molar-refractivity contribution >= 4 is 23.8 Å². The molecule has 5 N–H and O–H groups in total. The van der Waals surface area contributed by atoms with Crippen LogP contribution in [0.25, 0.3) is 0 Å². The van der Waals surface area contributed by atoms with Crippen LogP contribution in [0.1, 0.15) is 53.4 Å². The standard InChI is InChI=1S/C20H32N2O7S/c1-16(17(2,25)20(27)18(3,26)19(20,4)29-16)10-28-13(23)8-6-5-7-12-14-11(9-30-12)21-15(24)22-14/h11-12,14,25-27H,5-10H2,1-4H3,(H2,21,22,24)/t11-,12?,14-,16+,17?,18+,19?,20?/m0/s1. The molecule has 0 aromatic rings. The third-order valence-corrected chi connectivity index (χ3v) is 9.50. The van der Waals surface area contributed by atoms with E-state index in [1.54, 1.807) is 13.8 Å². The first kappa shape index (κ1) is 22.1. The third kappa shape index (κ3) is 2.70. The first-order valence-electron chi connectivity index (χ1n) is 10.5. The summed E-state index contributed by atoms with van der Waals surface area (Å²) in [5, 5.41) is 38.4. The predicted molar refractivity (Wildman–Crippen MR) is 109 cm³/mol. The summed E-state index contributed by atoms with van der Waals surface area (Å²) in [7, 11) is 0. The molecule has 0 spiro atoms. The van der Waals surface area contributed by atoms with Crippen molar-refractivity contribution in [2.75, 3.05) is 12.4 Å². The predicted octanol–water partition coefficient (Wildman–Crippen LogP) is 0.0497. The average molecular weight is 445 g/mol. The van der Waals surface area contributed by atoms with Gasteiger partial charge in [-0.3, -0.25) is 4.79 Å². The monoisotopic (exact) mass is 444 g/mol. The highest BCUT2D eigenvalue weighted by atomic mass is 32.2. The molecule has 0 aromatic heterocycles. The summed E-state index contributed by atoms with van der Waals surface area (Å²) in [5.41, 5.74) is -7.88. The molecule has 0 bridgehead atoms. The van der Waals surface area contributed by atoms with Crippen molar-refractivity contribution in [1.29, 1.82) is 0 Å². The lowest BCUT2D eigenvalue weighted by molar-refractivity contribution is -0.224. The lowest BCUT2D eigenvalue weighted by Gasteiger charge is -2.41. The van der Waals surface area contributed by atoms with Gasteiger partial charge in [0.25, 0.3) is 0 Å². The van der Waals surface area contributed by atoms with E-state index in [1.807, 2.05) is 11.8 Å². The SMILES string of the molecule is CC12O[C@](C)(COC(=O)CCCCC3SC[C@@H]4NC(=O)N[C@H]34)C(C)(O)C1(O)[C@]2(C)O. The van der Waals surface area contributed by atoms with Gasteiger partial charge in [-0.15, -0.1) is 0 Å². The average Bonchev–Trinajstić information content (AvgIpc) is 3.08. The van der Waals surface area contributed by atoms with E-state index in [1.165, 1.54) is 13.8 Å². The van der Waals surface area contributed by atoms with Gasteiger partial charge in [0.15, 0.2) is 5.60 Å². The maximum absolute atomic E-state index is 12.2. The molecule has 1 saturated carbocycles. The van der Waals surface area contributed by atoms with Gasteiger partial charge in [-0.05, 0) is 40.5 Å². The van der Waals surface area contributed by atoms with Crippen LogP contribution >= 0.6 is 11.8 Å². The minimum atomic E-state index is -1.84. The minimum absolute atomic E-state index is 0.102. The summed E-state index contributed by atoms with van der Waals surface area (Å²) in [6.45, 7) is 5.72. The number of urea groups is 1. The van der Waals surface area contributed by atoms with E-state index in [4.69, 9.17) is 9.47 Å². The number of amides is 2. The van der Waals surface area contributed by atoms with Crippen LogP contribution in [0, 0.1) is 0 Å². The van der Waals surface area contributed by atoms with Crippen LogP contribution in [0.3, 0.4) is 0 Å². The van der Waals surface area contributed by atoms with Crippen molar-refractivity contribution < 1.29 is 34.4 Å². The minimum Gasteiger partial charge on any atom is -0.462 e. The van der Waals surface area contributed by atoms with E-state index in [-0.39, 0.29) is 31.1 Å². The van der Waals surface area contributed by atoms with Gasteiger partial charge in [0.05, 0.1) is 12.1 Å². The van der Waals surface area contributed by atoms with Crippen molar-refractivity contribution in [3.05, 3.63) is 0 Å². The molecular formula is C20H32N2O7S. The van der Waals surface area contributed by atoms with Crippen LogP contribution in [0.2, 0.25) is 0 Å². The largest absolute Gasteiger partial charge is 0.462 e. The number of ether oxygens (including phenoxy) is 2. The topological polar surface area (TPSA) is 137 Å². The van der Waals surface area contributed by atoms with Gasteiger partial charge in [-0.25, -0.2) is 4.79 Å². The molecular weight excluding hydrogens is 412 g/mol. The summed E-state index contributed by atoms with van der Waals surface area (Å²) < 4.78 is 11.2. The molecule has 9 nitrogen and oxygen atoms in total. The van der Waals surface area contributed by atoms with Gasteiger partial charge in [0, 0.05) is 17.4 Å². The number of aliphatic hydroxyl groups is 3. The van der Waals surface area contributed by atoms with Gasteiger partial charge in [0.2, 0.25) is 0 Å². The molecule has 4 aliphatic rings. The number of unbranched alkanes of at least 4 members (excludes halogenated alkanes) is 1. The summed E-state index contributed by atoms with van der Waals surface area (Å²) in [4.78, 5) is 23.6. The molecule has 4 rings (SSSR count). The maximum atomic E-state index is 12.2. The first-order chi connectivity index (χ1) is 13.8. The van der Waals surface area contributed by atoms with E-state index in [9.17, 15) is 24.9 Å². The smallest absolute Gasteiger partial charge is 0.315 e. The Morgan fingerprint density at radius 3 is 2.50 bits per heavy atom. The molecule has 3 aliphatic heterocycles. The highest BCUT2D eigenvalue weighted by molar-refractivity contribution is 8.00. The quantitative estimate of drug-likeness (QED) is 0.211. The molecule has 3 heterocycles. The van der Waals surface area contributed by atoms with Gasteiger partial charge < -0.3 is 35.4 Å². The molecule has 170 valence electrons. The lowest BCUT2D eigenvalue weighted by atomic mass is 9.79. The number of carbonyl (C=O) groups excluding carboxylic acids is 2. The Balaban J connectivity index is 1.21. The van der Waals surface area contributed by atoms with Crippen LogP contribution in [-0.4, -0.2) is 85.0 Å². The first-order valence-corrected chi connectivity index (χ1v) is 11.6. The van der Waals surface area contributed by atoms with Crippen LogP contribution < -0.4 is 10.6 Å². The van der Waals surface area contributed by atoms with Gasteiger partial charge in [-0.2, -0.15) is 11.8 Å². The molecule has 30 heavy (non-hydrogen) atoms. The summed E-state index contributed by atoms with van der Waals surface area (Å²) in [6.07, 6.45) is 2.67. The second-order valence-electron chi connectivity index (χ2n) is 9.75. The Kier molecular flexibility index (Phi) is 4.95. The third-order valence-electron chi connectivity index (χ3n) is 7.99. The zero-order chi connectivity index (χ0) is 22.2. The fraction of sp³-hybridized carbons (Fsp3) is 0.900. The molecule has 0 aromatic carbocycles. The Hall–Kier alpha value is -1.07. The molecule has 4 unspecified atom stereocenters. The summed E-state index contributed by atoms with van der Waals surface area (Å²) in [5.74, 6) is 0.514. The van der Waals surface area contributed by atoms with Crippen LogP contribution in [-0.2, 0) is 14.3 Å². The molecule has 0 radical (unpaired) electrons. The van der Waals surface area contributed by atoms with Gasteiger partial charge >= 0.3 is 12.0 Å². The maximum Gasteiger partial charge on any atom is 0.315 e. The Morgan fingerprint density at radius 2 is 1.87 bits per heavy atom. The van der Waals surface area contributed by atoms with Crippen LogP contribution in [0.5, 0.6) is 0 Å². The van der Waals surface area contributed by atoms with Crippen molar-refractivity contribution in [2.24, 2.45) is 0 Å². The van der Waals surface area contributed by atoms with E-state index in [0.717, 1.165) is 18.6 Å². The highest BCUT2D eigenvalue weighted by Crippen LogP contribution is 2.73. The number of hydrogen-bond donors (Lipinski definition) is 5. The van der Waals surface area contributed by atoms with Crippen molar-refractivity contribution in [1.82, 2.24) is 10.6 Å². The zero-order valence-corrected chi connectivity index (χ0v) is 18.7. The summed E-state index contributed by atoms with van der Waals surface area (Å²) >= 11 is 1.84. The fourth-order valence-electron chi connectivity index (χ4n) is 5.59. The van der Waals surface area contributed by atoms with Crippen molar-refractivity contribution in [2.45, 2.75) is 98.7 Å². The number of thioether (sulfide) groups is 1. The fourth-order valence-corrected chi connectivity index (χ4v) is 7.14. The van der Waals surface area contributed by atoms with E-state index in [0.29, 0.717) is 11.7 Å². The van der Waals surface area contributed by atoms with Gasteiger partial charge in [-0.1, -0.05) is 6.42 Å². The van der Waals surface area contributed by atoms with E-state index in [2.05, 4.69) is 10.6 Å². The number of hydrogen-bond acceptors (Lipinski definition) is 8. The molecule has 1 aliphatic carbocycles. The van der Waals surface area contributed by atoms with Crippen molar-refractivity contribution in [3.8, 4) is 0 Å². The lowest BCUT2D eigenvalue weighted by Crippen LogP contribution is -2.62. The highest BCUT2D eigenvalue weighted by Gasteiger charge is 2.97. The van der Waals surface area contributed by atoms with E-state index < -0.39 is 34.0 Å². The zero-order valence-electron chi connectivity index (χ0n) is 17.9. The molecule has 3 saturated heterocycles. The normalized spacial score (nSPS) is 51.2. The Bertz CT molecular complexity index is 761. The Labute approximate surface area is 180 Å². The number of carbonyl (C=O) groups is 2. The molecule has 2 amide bonds. The van der Waals surface area contributed by atoms with E-state index >= 15 is 0 Å². The molecule has 10 heteroatoms. The second kappa shape index (κ2) is 6.71. The van der Waals surface area contributed by atoms with Crippen LogP contribution in [0.4, 0.5) is 4.79 Å². The number of fused-ring (bicyclic) bond motifs is 2. The number of rotatable bonds is 7.